The fourth-order valence-corrected chi connectivity index (χ4v) is 2.18. The van der Waals surface area contributed by atoms with Gasteiger partial charge in [0.1, 0.15) is 6.10 Å². The second-order valence-electron chi connectivity index (χ2n) is 4.89. The molecule has 108 valence electrons. The molecule has 0 heterocycles. The fourth-order valence-electron chi connectivity index (χ4n) is 2.18. The zero-order chi connectivity index (χ0) is 15.4. The molecule has 0 aromatic carbocycles. The molecule has 0 spiro atoms. The van der Waals surface area contributed by atoms with Gasteiger partial charge >= 0.3 is 5.97 Å². The van der Waals surface area contributed by atoms with Crippen molar-refractivity contribution in [2.24, 2.45) is 0 Å². The molecule has 0 aliphatic heterocycles. The van der Waals surface area contributed by atoms with E-state index in [2.05, 4.69) is 0 Å². The molecule has 1 aliphatic rings. The Morgan fingerprint density at radius 3 is 2.15 bits per heavy atom. The first-order valence-corrected chi connectivity index (χ1v) is 6.56. The number of rotatable bonds is 4. The molecule has 4 nitrogen and oxygen atoms in total. The standard InChI is InChI=1S/C16H20O4/c1-6-7-13(20-12(5)17)8-14-11(4)15(18)9(2)10(3)16(14)19/h6-7,13H,8H2,1-5H3. The van der Waals surface area contributed by atoms with Crippen molar-refractivity contribution in [3.05, 3.63) is 34.4 Å². The van der Waals surface area contributed by atoms with Crippen LogP contribution < -0.4 is 0 Å². The van der Waals surface area contributed by atoms with Gasteiger partial charge in [-0.3, -0.25) is 14.4 Å². The number of carbonyl (C=O) groups excluding carboxylic acids is 3. The third-order valence-electron chi connectivity index (χ3n) is 3.44. The highest BCUT2D eigenvalue weighted by molar-refractivity contribution is 6.24. The van der Waals surface area contributed by atoms with E-state index in [9.17, 15) is 14.4 Å². The highest BCUT2D eigenvalue weighted by atomic mass is 16.5. The van der Waals surface area contributed by atoms with Crippen molar-refractivity contribution in [1.82, 2.24) is 0 Å². The van der Waals surface area contributed by atoms with E-state index in [0.717, 1.165) is 0 Å². The predicted octanol–water partition coefficient (Wildman–Crippen LogP) is 2.69. The molecule has 0 amide bonds. The van der Waals surface area contributed by atoms with Gasteiger partial charge in [0.05, 0.1) is 0 Å². The summed E-state index contributed by atoms with van der Waals surface area (Å²) in [6.07, 6.45) is 3.17. The number of ketones is 2. The smallest absolute Gasteiger partial charge is 0.303 e. The lowest BCUT2D eigenvalue weighted by Crippen LogP contribution is -2.24. The Morgan fingerprint density at radius 1 is 1.10 bits per heavy atom. The number of allylic oxidation sites excluding steroid dienone is 4. The van der Waals surface area contributed by atoms with Crippen molar-refractivity contribution < 1.29 is 19.1 Å². The van der Waals surface area contributed by atoms with E-state index in [0.29, 0.717) is 22.3 Å². The van der Waals surface area contributed by atoms with E-state index in [1.54, 1.807) is 39.8 Å². The molecule has 1 aliphatic carbocycles. The van der Waals surface area contributed by atoms with Gasteiger partial charge in [-0.05, 0) is 33.8 Å². The fraction of sp³-hybridized carbons (Fsp3) is 0.438. The largest absolute Gasteiger partial charge is 0.458 e. The molecule has 0 aromatic rings. The number of carbonyl (C=O) groups is 3. The first-order valence-electron chi connectivity index (χ1n) is 6.56. The van der Waals surface area contributed by atoms with Crippen LogP contribution in [0.25, 0.3) is 0 Å². The van der Waals surface area contributed by atoms with Crippen LogP contribution in [0, 0.1) is 0 Å². The summed E-state index contributed by atoms with van der Waals surface area (Å²) in [4.78, 5) is 35.4. The molecular weight excluding hydrogens is 256 g/mol. The monoisotopic (exact) mass is 276 g/mol. The van der Waals surface area contributed by atoms with Crippen molar-refractivity contribution >= 4 is 17.5 Å². The lowest BCUT2D eigenvalue weighted by molar-refractivity contribution is -0.144. The molecule has 20 heavy (non-hydrogen) atoms. The Morgan fingerprint density at radius 2 is 1.65 bits per heavy atom. The number of Topliss-reactive ketones (excluding diaryl/α,β-unsaturated/α-hetero) is 2. The van der Waals surface area contributed by atoms with E-state index < -0.39 is 12.1 Å². The quantitative estimate of drug-likeness (QED) is 0.450. The van der Waals surface area contributed by atoms with Crippen molar-refractivity contribution in [3.63, 3.8) is 0 Å². The van der Waals surface area contributed by atoms with Gasteiger partial charge in [-0.1, -0.05) is 6.08 Å². The number of ether oxygens (including phenoxy) is 1. The summed E-state index contributed by atoms with van der Waals surface area (Å²) >= 11 is 0. The van der Waals surface area contributed by atoms with Crippen molar-refractivity contribution in [3.8, 4) is 0 Å². The normalized spacial score (nSPS) is 18.1. The van der Waals surface area contributed by atoms with Crippen LogP contribution in [0.2, 0.25) is 0 Å². The van der Waals surface area contributed by atoms with Crippen LogP contribution in [0.5, 0.6) is 0 Å². The van der Waals surface area contributed by atoms with Gasteiger partial charge in [0.15, 0.2) is 11.6 Å². The van der Waals surface area contributed by atoms with Crippen LogP contribution in [0.15, 0.2) is 34.4 Å². The molecule has 0 saturated heterocycles. The molecule has 0 aromatic heterocycles. The maximum Gasteiger partial charge on any atom is 0.303 e. The molecule has 1 atom stereocenters. The molecule has 4 heteroatoms. The molecular formula is C16H20O4. The van der Waals surface area contributed by atoms with Crippen molar-refractivity contribution in [2.75, 3.05) is 0 Å². The SMILES string of the molecule is CC=CC(CC1=C(C)C(=O)C(C)=C(C)C1=O)OC(C)=O. The molecule has 0 bridgehead atoms. The summed E-state index contributed by atoms with van der Waals surface area (Å²) in [6.45, 7) is 8.08. The van der Waals surface area contributed by atoms with E-state index in [1.807, 2.05) is 0 Å². The summed E-state index contributed by atoms with van der Waals surface area (Å²) in [6, 6.07) is 0. The second-order valence-corrected chi connectivity index (χ2v) is 4.89. The average Bonchev–Trinajstić information content (AvgIpc) is 2.38. The summed E-state index contributed by atoms with van der Waals surface area (Å²) in [5, 5.41) is 0. The number of esters is 1. The minimum absolute atomic E-state index is 0.112. The lowest BCUT2D eigenvalue weighted by Gasteiger charge is -2.21. The summed E-state index contributed by atoms with van der Waals surface area (Å²) in [5.74, 6) is -0.662. The first kappa shape index (κ1) is 16.1. The Hall–Kier alpha value is -1.97. The molecule has 0 fully saturated rings. The van der Waals surface area contributed by atoms with E-state index in [1.165, 1.54) is 6.92 Å². The predicted molar refractivity (Wildman–Crippen MR) is 76.1 cm³/mol. The van der Waals surface area contributed by atoms with Gasteiger partial charge in [-0.2, -0.15) is 0 Å². The minimum atomic E-state index is -0.523. The van der Waals surface area contributed by atoms with Crippen LogP contribution in [0.1, 0.15) is 41.0 Å². The summed E-state index contributed by atoms with van der Waals surface area (Å²) < 4.78 is 5.15. The maximum absolute atomic E-state index is 12.3. The van der Waals surface area contributed by atoms with Gasteiger partial charge < -0.3 is 4.74 Å². The van der Waals surface area contributed by atoms with Gasteiger partial charge in [-0.25, -0.2) is 0 Å². The number of hydrogen-bond donors (Lipinski definition) is 0. The van der Waals surface area contributed by atoms with E-state index in [4.69, 9.17) is 4.74 Å². The Balaban J connectivity index is 3.08. The maximum atomic E-state index is 12.3. The topological polar surface area (TPSA) is 60.4 Å². The molecule has 1 unspecified atom stereocenters. The van der Waals surface area contributed by atoms with Crippen LogP contribution >= 0.6 is 0 Å². The summed E-state index contributed by atoms with van der Waals surface area (Å²) in [7, 11) is 0. The molecule has 1 rings (SSSR count). The summed E-state index contributed by atoms with van der Waals surface area (Å²) in [5.41, 5.74) is 1.84. The van der Waals surface area contributed by atoms with E-state index in [-0.39, 0.29) is 18.0 Å². The van der Waals surface area contributed by atoms with E-state index >= 15 is 0 Å². The van der Waals surface area contributed by atoms with Crippen LogP contribution in [-0.4, -0.2) is 23.6 Å². The average molecular weight is 276 g/mol. The van der Waals surface area contributed by atoms with Gasteiger partial charge in [0.25, 0.3) is 0 Å². The molecule has 0 N–H and O–H groups in total. The first-order chi connectivity index (χ1) is 9.29. The Kier molecular flexibility index (Phi) is 5.19. The number of hydrogen-bond acceptors (Lipinski definition) is 4. The second kappa shape index (κ2) is 6.46. The Bertz CT molecular complexity index is 547. The van der Waals surface area contributed by atoms with Crippen molar-refractivity contribution in [2.45, 2.75) is 47.1 Å². The zero-order valence-corrected chi connectivity index (χ0v) is 12.6. The zero-order valence-electron chi connectivity index (χ0n) is 12.6. The van der Waals surface area contributed by atoms with Crippen LogP contribution in [0.4, 0.5) is 0 Å². The Labute approximate surface area is 119 Å². The lowest BCUT2D eigenvalue weighted by atomic mass is 9.83. The van der Waals surface area contributed by atoms with Gasteiger partial charge in [0.2, 0.25) is 0 Å². The molecule has 0 radical (unpaired) electrons. The van der Waals surface area contributed by atoms with Crippen molar-refractivity contribution in [1.29, 1.82) is 0 Å². The third kappa shape index (κ3) is 3.32. The highest BCUT2D eigenvalue weighted by Gasteiger charge is 2.29. The minimum Gasteiger partial charge on any atom is -0.458 e. The molecule has 0 saturated carbocycles. The van der Waals surface area contributed by atoms with Crippen LogP contribution in [-0.2, 0) is 19.1 Å². The van der Waals surface area contributed by atoms with Gasteiger partial charge in [0, 0.05) is 35.6 Å². The van der Waals surface area contributed by atoms with Crippen LogP contribution in [0.3, 0.4) is 0 Å². The van der Waals surface area contributed by atoms with Gasteiger partial charge in [-0.15, -0.1) is 0 Å². The highest BCUT2D eigenvalue weighted by Crippen LogP contribution is 2.27. The third-order valence-corrected chi connectivity index (χ3v) is 3.44.